The van der Waals surface area contributed by atoms with Crippen LogP contribution in [0.3, 0.4) is 0 Å². The molecule has 1 aliphatic rings. The topological polar surface area (TPSA) is 51.4 Å². The maximum Gasteiger partial charge on any atom is 0.213 e. The Balaban J connectivity index is 1.86. The number of fused-ring (bicyclic) bond motifs is 1. The largest absolute Gasteiger partial charge is 0.481 e. The van der Waals surface area contributed by atoms with Crippen molar-refractivity contribution in [1.82, 2.24) is 4.98 Å². The predicted octanol–water partition coefficient (Wildman–Crippen LogP) is 2.19. The summed E-state index contributed by atoms with van der Waals surface area (Å²) < 4.78 is 5.06. The van der Waals surface area contributed by atoms with Crippen molar-refractivity contribution < 1.29 is 4.74 Å². The molecule has 0 amide bonds. The van der Waals surface area contributed by atoms with E-state index in [4.69, 9.17) is 10.5 Å². The van der Waals surface area contributed by atoms with Crippen LogP contribution in [0, 0.1) is 0 Å². The molecule has 3 rings (SSSR count). The SMILES string of the molecule is COc1ccc(N2Cc3cccc(N)c3C2)cn1. The van der Waals surface area contributed by atoms with Gasteiger partial charge in [0.2, 0.25) is 5.88 Å². The van der Waals surface area contributed by atoms with Crippen LogP contribution in [0.5, 0.6) is 5.88 Å². The molecule has 0 spiro atoms. The minimum absolute atomic E-state index is 0.634. The maximum atomic E-state index is 6.00. The lowest BCUT2D eigenvalue weighted by Gasteiger charge is -2.17. The first-order valence-electron chi connectivity index (χ1n) is 5.89. The van der Waals surface area contributed by atoms with E-state index < -0.39 is 0 Å². The molecule has 2 heterocycles. The molecule has 0 fully saturated rings. The summed E-state index contributed by atoms with van der Waals surface area (Å²) in [4.78, 5) is 6.49. The molecule has 0 aliphatic carbocycles. The second-order valence-corrected chi connectivity index (χ2v) is 4.40. The highest BCUT2D eigenvalue weighted by Gasteiger charge is 2.21. The molecular weight excluding hydrogens is 226 g/mol. The van der Waals surface area contributed by atoms with Gasteiger partial charge >= 0.3 is 0 Å². The lowest BCUT2D eigenvalue weighted by atomic mass is 10.1. The van der Waals surface area contributed by atoms with Crippen molar-refractivity contribution in [3.8, 4) is 5.88 Å². The standard InChI is InChI=1S/C14H15N3O/c1-18-14-6-5-11(7-16-14)17-8-10-3-2-4-13(15)12(10)9-17/h2-7H,8-9,15H2,1H3. The van der Waals surface area contributed by atoms with Crippen LogP contribution in [-0.2, 0) is 13.1 Å². The Morgan fingerprint density at radius 1 is 1.22 bits per heavy atom. The zero-order valence-corrected chi connectivity index (χ0v) is 10.3. The van der Waals surface area contributed by atoms with Crippen LogP contribution in [0.25, 0.3) is 0 Å². The highest BCUT2D eigenvalue weighted by molar-refractivity contribution is 5.59. The van der Waals surface area contributed by atoms with Gasteiger partial charge in [-0.05, 0) is 23.3 Å². The highest BCUT2D eigenvalue weighted by atomic mass is 16.5. The Morgan fingerprint density at radius 2 is 2.11 bits per heavy atom. The summed E-state index contributed by atoms with van der Waals surface area (Å²) in [5.74, 6) is 0.634. The second-order valence-electron chi connectivity index (χ2n) is 4.40. The molecule has 1 aromatic carbocycles. The van der Waals surface area contributed by atoms with Crippen molar-refractivity contribution in [2.45, 2.75) is 13.1 Å². The molecule has 0 saturated heterocycles. The third-order valence-corrected chi connectivity index (χ3v) is 3.31. The van der Waals surface area contributed by atoms with Crippen LogP contribution in [0.2, 0.25) is 0 Å². The zero-order chi connectivity index (χ0) is 12.5. The van der Waals surface area contributed by atoms with Crippen molar-refractivity contribution in [1.29, 1.82) is 0 Å². The number of nitrogen functional groups attached to an aromatic ring is 1. The molecule has 92 valence electrons. The molecule has 1 aromatic heterocycles. The number of hydrogen-bond donors (Lipinski definition) is 1. The summed E-state index contributed by atoms with van der Waals surface area (Å²) in [6, 6.07) is 9.98. The lowest BCUT2D eigenvalue weighted by Crippen LogP contribution is -2.14. The van der Waals surface area contributed by atoms with E-state index in [1.54, 1.807) is 7.11 Å². The summed E-state index contributed by atoms with van der Waals surface area (Å²) in [6.45, 7) is 1.73. The first kappa shape index (κ1) is 10.9. The van der Waals surface area contributed by atoms with E-state index in [9.17, 15) is 0 Å². The number of hydrogen-bond acceptors (Lipinski definition) is 4. The van der Waals surface area contributed by atoms with Crippen LogP contribution in [0.4, 0.5) is 11.4 Å². The van der Waals surface area contributed by atoms with Crippen molar-refractivity contribution in [3.05, 3.63) is 47.7 Å². The van der Waals surface area contributed by atoms with Crippen molar-refractivity contribution >= 4 is 11.4 Å². The van der Waals surface area contributed by atoms with E-state index in [1.807, 2.05) is 30.5 Å². The molecule has 2 aromatic rings. The van der Waals surface area contributed by atoms with Crippen LogP contribution in [-0.4, -0.2) is 12.1 Å². The number of pyridine rings is 1. The zero-order valence-electron chi connectivity index (χ0n) is 10.3. The van der Waals surface area contributed by atoms with E-state index in [2.05, 4.69) is 16.0 Å². The summed E-state index contributed by atoms with van der Waals surface area (Å²) in [6.07, 6.45) is 1.83. The van der Waals surface area contributed by atoms with Gasteiger partial charge in [-0.1, -0.05) is 12.1 Å². The highest BCUT2D eigenvalue weighted by Crippen LogP contribution is 2.31. The quantitative estimate of drug-likeness (QED) is 0.819. The Labute approximate surface area is 106 Å². The van der Waals surface area contributed by atoms with Gasteiger partial charge in [0, 0.05) is 24.8 Å². The fourth-order valence-corrected chi connectivity index (χ4v) is 2.31. The van der Waals surface area contributed by atoms with E-state index in [-0.39, 0.29) is 0 Å². The first-order chi connectivity index (χ1) is 8.78. The molecule has 2 N–H and O–H groups in total. The van der Waals surface area contributed by atoms with Crippen LogP contribution < -0.4 is 15.4 Å². The van der Waals surface area contributed by atoms with Crippen molar-refractivity contribution in [2.75, 3.05) is 17.7 Å². The molecule has 0 saturated carbocycles. The number of rotatable bonds is 2. The second kappa shape index (κ2) is 4.22. The summed E-state index contributed by atoms with van der Waals surface area (Å²) in [5.41, 5.74) is 10.5. The molecule has 0 atom stereocenters. The van der Waals surface area contributed by atoms with E-state index in [1.165, 1.54) is 11.1 Å². The predicted molar refractivity (Wildman–Crippen MR) is 71.5 cm³/mol. The summed E-state index contributed by atoms with van der Waals surface area (Å²) in [7, 11) is 1.62. The summed E-state index contributed by atoms with van der Waals surface area (Å²) >= 11 is 0. The van der Waals surface area contributed by atoms with Crippen LogP contribution >= 0.6 is 0 Å². The molecule has 0 radical (unpaired) electrons. The van der Waals surface area contributed by atoms with Gasteiger partial charge in [0.1, 0.15) is 0 Å². The molecule has 4 heteroatoms. The molecule has 1 aliphatic heterocycles. The smallest absolute Gasteiger partial charge is 0.213 e. The van der Waals surface area contributed by atoms with Gasteiger partial charge in [0.05, 0.1) is 19.0 Å². The van der Waals surface area contributed by atoms with Crippen molar-refractivity contribution in [2.24, 2.45) is 0 Å². The Bertz CT molecular complexity index is 566. The Kier molecular flexibility index (Phi) is 2.55. The van der Waals surface area contributed by atoms with Crippen LogP contribution in [0.1, 0.15) is 11.1 Å². The first-order valence-corrected chi connectivity index (χ1v) is 5.89. The normalized spacial score (nSPS) is 13.5. The molecule has 0 unspecified atom stereocenters. The number of nitrogens with zero attached hydrogens (tertiary/aromatic N) is 2. The molecular formula is C14H15N3O. The van der Waals surface area contributed by atoms with E-state index in [0.29, 0.717) is 5.88 Å². The third kappa shape index (κ3) is 1.76. The fourth-order valence-electron chi connectivity index (χ4n) is 2.31. The van der Waals surface area contributed by atoms with Gasteiger partial charge < -0.3 is 15.4 Å². The van der Waals surface area contributed by atoms with Gasteiger partial charge in [0.25, 0.3) is 0 Å². The maximum absolute atomic E-state index is 6.00. The minimum Gasteiger partial charge on any atom is -0.481 e. The molecule has 18 heavy (non-hydrogen) atoms. The number of methoxy groups -OCH3 is 1. The Hall–Kier alpha value is -2.23. The van der Waals surface area contributed by atoms with Gasteiger partial charge in [-0.25, -0.2) is 4.98 Å². The third-order valence-electron chi connectivity index (χ3n) is 3.31. The number of anilines is 2. The number of benzene rings is 1. The minimum atomic E-state index is 0.634. The number of ether oxygens (including phenoxy) is 1. The fraction of sp³-hybridized carbons (Fsp3) is 0.214. The average Bonchev–Trinajstić information content (AvgIpc) is 2.84. The van der Waals surface area contributed by atoms with E-state index >= 15 is 0 Å². The number of aromatic nitrogens is 1. The van der Waals surface area contributed by atoms with Gasteiger partial charge in [-0.3, -0.25) is 0 Å². The van der Waals surface area contributed by atoms with Crippen molar-refractivity contribution in [3.63, 3.8) is 0 Å². The molecule has 4 nitrogen and oxygen atoms in total. The monoisotopic (exact) mass is 241 g/mol. The van der Waals surface area contributed by atoms with Gasteiger partial charge in [-0.2, -0.15) is 0 Å². The van der Waals surface area contributed by atoms with Crippen LogP contribution in [0.15, 0.2) is 36.5 Å². The average molecular weight is 241 g/mol. The van der Waals surface area contributed by atoms with Gasteiger partial charge in [-0.15, -0.1) is 0 Å². The lowest BCUT2D eigenvalue weighted by molar-refractivity contribution is 0.398. The number of nitrogens with two attached hydrogens (primary N) is 1. The summed E-state index contributed by atoms with van der Waals surface area (Å²) in [5, 5.41) is 0. The molecule has 0 bridgehead atoms. The Morgan fingerprint density at radius 3 is 2.78 bits per heavy atom. The van der Waals surface area contributed by atoms with Gasteiger partial charge in [0.15, 0.2) is 0 Å². The van der Waals surface area contributed by atoms with E-state index in [0.717, 1.165) is 24.5 Å².